The molecular formula is C18H18N4O2S. The van der Waals surface area contributed by atoms with Crippen LogP contribution in [0.4, 0.5) is 5.95 Å². The van der Waals surface area contributed by atoms with Crippen molar-refractivity contribution < 1.29 is 8.42 Å². The van der Waals surface area contributed by atoms with E-state index in [1.807, 2.05) is 49.4 Å². The number of sulfonamides is 1. The lowest BCUT2D eigenvalue weighted by atomic mass is 10.1. The molecule has 0 saturated carbocycles. The number of aromatic nitrogens is 3. The molecule has 0 aliphatic heterocycles. The third kappa shape index (κ3) is 3.83. The second-order valence-corrected chi connectivity index (χ2v) is 7.67. The van der Waals surface area contributed by atoms with Crippen molar-refractivity contribution in [1.82, 2.24) is 15.2 Å². The average molecular weight is 354 g/mol. The van der Waals surface area contributed by atoms with Crippen LogP contribution in [0.3, 0.4) is 0 Å². The van der Waals surface area contributed by atoms with Gasteiger partial charge in [0, 0.05) is 12.6 Å². The molecule has 0 radical (unpaired) electrons. The molecule has 3 rings (SSSR count). The van der Waals surface area contributed by atoms with Crippen molar-refractivity contribution in [3.05, 3.63) is 71.9 Å². The molecule has 0 spiro atoms. The minimum Gasteiger partial charge on any atom is -0.239 e. The van der Waals surface area contributed by atoms with Crippen LogP contribution in [0.5, 0.6) is 0 Å². The molecule has 3 aromatic rings. The zero-order valence-electron chi connectivity index (χ0n) is 14.0. The Morgan fingerprint density at radius 2 is 1.68 bits per heavy atom. The first-order valence-corrected chi connectivity index (χ1v) is 9.34. The number of nitrogens with zero attached hydrogens (tertiary/aromatic N) is 4. The van der Waals surface area contributed by atoms with Gasteiger partial charge in [0.2, 0.25) is 10.0 Å². The van der Waals surface area contributed by atoms with Gasteiger partial charge in [-0.15, -0.1) is 5.10 Å². The van der Waals surface area contributed by atoms with Crippen LogP contribution in [-0.2, 0) is 15.8 Å². The zero-order chi connectivity index (χ0) is 17.9. The topological polar surface area (TPSA) is 76.1 Å². The summed E-state index contributed by atoms with van der Waals surface area (Å²) in [5.74, 6) is -0.0702. The van der Waals surface area contributed by atoms with E-state index in [1.54, 1.807) is 12.1 Å². The molecule has 0 aliphatic rings. The summed E-state index contributed by atoms with van der Waals surface area (Å²) in [5.41, 5.74) is 3.22. The Kier molecular flexibility index (Phi) is 4.76. The number of aryl methyl sites for hydroxylation is 1. The molecule has 0 bridgehead atoms. The van der Waals surface area contributed by atoms with E-state index in [2.05, 4.69) is 15.2 Å². The van der Waals surface area contributed by atoms with Crippen LogP contribution in [0.25, 0.3) is 11.3 Å². The van der Waals surface area contributed by atoms with Crippen LogP contribution in [0, 0.1) is 6.92 Å². The molecule has 1 aromatic heterocycles. The van der Waals surface area contributed by atoms with Gasteiger partial charge in [-0.1, -0.05) is 54.6 Å². The summed E-state index contributed by atoms with van der Waals surface area (Å²) in [7, 11) is -2.17. The first-order chi connectivity index (χ1) is 12.0. The van der Waals surface area contributed by atoms with Gasteiger partial charge in [0.1, 0.15) is 0 Å². The molecule has 7 heteroatoms. The highest BCUT2D eigenvalue weighted by atomic mass is 32.2. The van der Waals surface area contributed by atoms with E-state index in [0.717, 1.165) is 15.4 Å². The lowest BCUT2D eigenvalue weighted by molar-refractivity contribution is 0.592. The molecular weight excluding hydrogens is 336 g/mol. The molecule has 6 nitrogen and oxygen atoms in total. The van der Waals surface area contributed by atoms with Gasteiger partial charge in [-0.25, -0.2) is 17.7 Å². The van der Waals surface area contributed by atoms with Crippen LogP contribution < -0.4 is 4.31 Å². The summed E-state index contributed by atoms with van der Waals surface area (Å²) < 4.78 is 26.3. The largest absolute Gasteiger partial charge is 0.259 e. The lowest BCUT2D eigenvalue weighted by Crippen LogP contribution is -2.29. The molecule has 0 atom stereocenters. The monoisotopic (exact) mass is 354 g/mol. The van der Waals surface area contributed by atoms with Crippen molar-refractivity contribution in [3.8, 4) is 11.3 Å². The Bertz CT molecular complexity index is 975. The Hall–Kier alpha value is -2.80. The van der Waals surface area contributed by atoms with Crippen LogP contribution in [0.2, 0.25) is 0 Å². The Balaban J connectivity index is 1.91. The van der Waals surface area contributed by atoms with Gasteiger partial charge in [-0.05, 0) is 18.1 Å². The highest BCUT2D eigenvalue weighted by Gasteiger charge is 2.22. The summed E-state index contributed by atoms with van der Waals surface area (Å²) in [5, 5.41) is 7.81. The van der Waals surface area contributed by atoms with Gasteiger partial charge in [0.25, 0.3) is 5.95 Å². The second kappa shape index (κ2) is 6.98. The Morgan fingerprint density at radius 1 is 1.00 bits per heavy atom. The molecule has 0 unspecified atom stereocenters. The number of hydrogen-bond donors (Lipinski definition) is 0. The minimum absolute atomic E-state index is 0.0525. The normalized spacial score (nSPS) is 11.3. The molecule has 0 fully saturated rings. The lowest BCUT2D eigenvalue weighted by Gasteiger charge is -2.17. The van der Waals surface area contributed by atoms with Gasteiger partial charge in [-0.2, -0.15) is 5.10 Å². The quantitative estimate of drug-likeness (QED) is 0.704. The third-order valence-electron chi connectivity index (χ3n) is 3.86. The molecule has 25 heavy (non-hydrogen) atoms. The average Bonchev–Trinajstić information content (AvgIpc) is 2.62. The molecule has 0 N–H and O–H groups in total. The van der Waals surface area contributed by atoms with Crippen molar-refractivity contribution in [1.29, 1.82) is 0 Å². The maximum absolute atomic E-state index is 12.6. The van der Waals surface area contributed by atoms with E-state index in [-0.39, 0.29) is 11.7 Å². The zero-order valence-corrected chi connectivity index (χ0v) is 14.8. The van der Waals surface area contributed by atoms with Crippen LogP contribution in [0.15, 0.2) is 60.8 Å². The van der Waals surface area contributed by atoms with Crippen molar-refractivity contribution in [2.75, 3.05) is 11.4 Å². The van der Waals surface area contributed by atoms with Crippen LogP contribution >= 0.6 is 0 Å². The highest BCUT2D eigenvalue weighted by molar-refractivity contribution is 7.92. The van der Waals surface area contributed by atoms with Gasteiger partial charge in [0.05, 0.1) is 17.6 Å². The molecule has 128 valence electrons. The first kappa shape index (κ1) is 17.0. The molecule has 0 aliphatic carbocycles. The van der Waals surface area contributed by atoms with Crippen molar-refractivity contribution >= 4 is 16.0 Å². The summed E-state index contributed by atoms with van der Waals surface area (Å²) in [4.78, 5) is 4.38. The maximum Gasteiger partial charge on any atom is 0.259 e. The predicted molar refractivity (Wildman–Crippen MR) is 97.5 cm³/mol. The second-order valence-electron chi connectivity index (χ2n) is 5.67. The Morgan fingerprint density at radius 3 is 2.40 bits per heavy atom. The van der Waals surface area contributed by atoms with Gasteiger partial charge in [-0.3, -0.25) is 0 Å². The maximum atomic E-state index is 12.6. The number of rotatable bonds is 5. The van der Waals surface area contributed by atoms with E-state index in [1.165, 1.54) is 13.2 Å². The SMILES string of the molecule is Cc1ccccc1-c1cnnc(N(C)S(=O)(=O)Cc2ccccc2)n1. The number of benzene rings is 2. The molecule has 2 aromatic carbocycles. The fourth-order valence-corrected chi connectivity index (χ4v) is 3.56. The van der Waals surface area contributed by atoms with Crippen LogP contribution in [0.1, 0.15) is 11.1 Å². The molecule has 0 amide bonds. The fourth-order valence-electron chi connectivity index (χ4n) is 2.42. The number of anilines is 1. The van der Waals surface area contributed by atoms with Gasteiger partial charge >= 0.3 is 0 Å². The summed E-state index contributed by atoms with van der Waals surface area (Å²) in [6.07, 6.45) is 1.53. The predicted octanol–water partition coefficient (Wildman–Crippen LogP) is 2.81. The van der Waals surface area contributed by atoms with Crippen molar-refractivity contribution in [2.45, 2.75) is 12.7 Å². The number of hydrogen-bond acceptors (Lipinski definition) is 5. The molecule has 1 heterocycles. The Labute approximate surface area is 147 Å². The molecule has 0 saturated heterocycles. The summed E-state index contributed by atoms with van der Waals surface area (Å²) in [6, 6.07) is 16.7. The first-order valence-electron chi connectivity index (χ1n) is 7.73. The summed E-state index contributed by atoms with van der Waals surface area (Å²) in [6.45, 7) is 1.97. The van der Waals surface area contributed by atoms with Crippen LogP contribution in [-0.4, -0.2) is 30.6 Å². The van der Waals surface area contributed by atoms with E-state index in [9.17, 15) is 8.42 Å². The minimum atomic E-state index is -3.61. The standard InChI is InChI=1S/C18H18N4O2S/c1-14-8-6-7-11-16(14)17-12-19-21-18(20-17)22(2)25(23,24)13-15-9-4-3-5-10-15/h3-12H,13H2,1-2H3. The van der Waals surface area contributed by atoms with E-state index < -0.39 is 10.0 Å². The highest BCUT2D eigenvalue weighted by Crippen LogP contribution is 2.22. The van der Waals surface area contributed by atoms with Gasteiger partial charge in [0.15, 0.2) is 0 Å². The van der Waals surface area contributed by atoms with E-state index in [0.29, 0.717) is 11.3 Å². The third-order valence-corrected chi connectivity index (χ3v) is 5.56. The summed E-state index contributed by atoms with van der Waals surface area (Å²) >= 11 is 0. The van der Waals surface area contributed by atoms with Crippen molar-refractivity contribution in [3.63, 3.8) is 0 Å². The smallest absolute Gasteiger partial charge is 0.239 e. The fraction of sp³-hybridized carbons (Fsp3) is 0.167. The van der Waals surface area contributed by atoms with E-state index >= 15 is 0 Å². The van der Waals surface area contributed by atoms with E-state index in [4.69, 9.17) is 0 Å². The van der Waals surface area contributed by atoms with Gasteiger partial charge < -0.3 is 0 Å². The van der Waals surface area contributed by atoms with Crippen molar-refractivity contribution in [2.24, 2.45) is 0 Å².